The van der Waals surface area contributed by atoms with Crippen molar-refractivity contribution in [2.24, 2.45) is 17.3 Å². The molecule has 0 aromatic carbocycles. The molecule has 104 valence electrons. The summed E-state index contributed by atoms with van der Waals surface area (Å²) in [5, 5.41) is 0. The maximum absolute atomic E-state index is 12.3. The molecule has 1 heteroatoms. The third kappa shape index (κ3) is 3.46. The first-order valence-electron chi connectivity index (χ1n) is 7.79. The van der Waals surface area contributed by atoms with E-state index in [-0.39, 0.29) is 5.41 Å². The van der Waals surface area contributed by atoms with Crippen LogP contribution < -0.4 is 0 Å². The Labute approximate surface area is 113 Å². The normalized spacial score (nSPS) is 28.9. The van der Waals surface area contributed by atoms with Crippen molar-refractivity contribution < 1.29 is 4.79 Å². The molecule has 0 amide bonds. The average Bonchev–Trinajstić information content (AvgIpc) is 2.65. The van der Waals surface area contributed by atoms with E-state index in [4.69, 9.17) is 0 Å². The van der Waals surface area contributed by atoms with Crippen molar-refractivity contribution >= 4 is 5.78 Å². The van der Waals surface area contributed by atoms with Crippen LogP contribution in [-0.4, -0.2) is 5.78 Å². The highest BCUT2D eigenvalue weighted by molar-refractivity contribution is 5.97. The molecule has 0 fully saturated rings. The molecule has 0 bridgehead atoms. The summed E-state index contributed by atoms with van der Waals surface area (Å²) >= 11 is 0. The second kappa shape index (κ2) is 7.11. The second-order valence-corrected chi connectivity index (χ2v) is 6.18. The Hall–Kier alpha value is -0.590. The zero-order chi connectivity index (χ0) is 13.6. The van der Waals surface area contributed by atoms with Gasteiger partial charge in [0, 0.05) is 5.41 Å². The Morgan fingerprint density at radius 3 is 2.50 bits per heavy atom. The number of carbonyl (C=O) groups is 1. The molecular formula is C17H30O. The van der Waals surface area contributed by atoms with Crippen molar-refractivity contribution in [1.29, 1.82) is 0 Å². The van der Waals surface area contributed by atoms with Crippen molar-refractivity contribution in [2.45, 2.75) is 72.6 Å². The van der Waals surface area contributed by atoms with E-state index >= 15 is 0 Å². The number of carbonyl (C=O) groups excluding carboxylic acids is 1. The van der Waals surface area contributed by atoms with Crippen LogP contribution in [0.2, 0.25) is 0 Å². The van der Waals surface area contributed by atoms with Gasteiger partial charge < -0.3 is 0 Å². The Morgan fingerprint density at radius 1 is 1.28 bits per heavy atom. The topological polar surface area (TPSA) is 17.1 Å². The molecule has 0 spiro atoms. The Kier molecular flexibility index (Phi) is 6.11. The zero-order valence-electron chi connectivity index (χ0n) is 12.7. The number of allylic oxidation sites excluding steroid dienone is 2. The van der Waals surface area contributed by atoms with Crippen LogP contribution in [0, 0.1) is 17.3 Å². The molecule has 1 aliphatic rings. The molecule has 0 saturated carbocycles. The summed E-state index contributed by atoms with van der Waals surface area (Å²) in [4.78, 5) is 12.3. The maximum Gasteiger partial charge on any atom is 0.162 e. The van der Waals surface area contributed by atoms with Crippen LogP contribution in [0.4, 0.5) is 0 Å². The van der Waals surface area contributed by atoms with Gasteiger partial charge in [-0.2, -0.15) is 0 Å². The largest absolute Gasteiger partial charge is 0.294 e. The monoisotopic (exact) mass is 250 g/mol. The lowest BCUT2D eigenvalue weighted by atomic mass is 9.69. The van der Waals surface area contributed by atoms with Gasteiger partial charge in [0.15, 0.2) is 5.78 Å². The van der Waals surface area contributed by atoms with E-state index < -0.39 is 0 Å². The minimum Gasteiger partial charge on any atom is -0.294 e. The summed E-state index contributed by atoms with van der Waals surface area (Å²) in [5.41, 5.74) is -0.0569. The third-order valence-electron chi connectivity index (χ3n) is 4.91. The fraction of sp³-hybridized carbons (Fsp3) is 0.824. The van der Waals surface area contributed by atoms with Crippen molar-refractivity contribution in [1.82, 2.24) is 0 Å². The quantitative estimate of drug-likeness (QED) is 0.544. The Bertz CT molecular complexity index is 292. The molecule has 1 aliphatic carbocycles. The van der Waals surface area contributed by atoms with Gasteiger partial charge in [0.1, 0.15) is 0 Å². The minimum absolute atomic E-state index is 0.0569. The number of ketones is 1. The molecule has 0 aromatic rings. The first-order valence-corrected chi connectivity index (χ1v) is 7.79. The van der Waals surface area contributed by atoms with Gasteiger partial charge in [-0.1, -0.05) is 59.5 Å². The van der Waals surface area contributed by atoms with Gasteiger partial charge in [-0.25, -0.2) is 0 Å². The predicted molar refractivity (Wildman–Crippen MR) is 78.6 cm³/mol. The summed E-state index contributed by atoms with van der Waals surface area (Å²) in [6.45, 7) is 9.00. The molecule has 1 nitrogen and oxygen atoms in total. The highest BCUT2D eigenvalue weighted by atomic mass is 16.1. The Balaban J connectivity index is 2.66. The van der Waals surface area contributed by atoms with Crippen LogP contribution in [0.3, 0.4) is 0 Å². The van der Waals surface area contributed by atoms with Crippen LogP contribution in [0.15, 0.2) is 12.2 Å². The number of unbranched alkanes of at least 4 members (excludes halogenated alkanes) is 2. The van der Waals surface area contributed by atoms with Gasteiger partial charge in [0.2, 0.25) is 0 Å². The van der Waals surface area contributed by atoms with E-state index in [1.807, 2.05) is 6.08 Å². The molecule has 1 rings (SSSR count). The van der Waals surface area contributed by atoms with E-state index in [0.29, 0.717) is 11.7 Å². The smallest absolute Gasteiger partial charge is 0.162 e. The van der Waals surface area contributed by atoms with Crippen molar-refractivity contribution in [3.8, 4) is 0 Å². The van der Waals surface area contributed by atoms with Gasteiger partial charge in [-0.3, -0.25) is 4.79 Å². The van der Waals surface area contributed by atoms with E-state index in [9.17, 15) is 4.79 Å². The molecule has 18 heavy (non-hydrogen) atoms. The minimum atomic E-state index is -0.0569. The van der Waals surface area contributed by atoms with E-state index in [1.165, 1.54) is 32.1 Å². The van der Waals surface area contributed by atoms with Crippen molar-refractivity contribution in [3.63, 3.8) is 0 Å². The van der Waals surface area contributed by atoms with Crippen molar-refractivity contribution in [2.75, 3.05) is 0 Å². The van der Waals surface area contributed by atoms with Crippen LogP contribution >= 0.6 is 0 Å². The summed E-state index contributed by atoms with van der Waals surface area (Å²) in [5.74, 6) is 1.58. The lowest BCUT2D eigenvalue weighted by molar-refractivity contribution is -0.125. The number of hydrogen-bond donors (Lipinski definition) is 0. The van der Waals surface area contributed by atoms with Crippen LogP contribution in [0.5, 0.6) is 0 Å². The molecule has 0 radical (unpaired) electrons. The first kappa shape index (κ1) is 15.5. The molecule has 0 saturated heterocycles. The molecule has 0 heterocycles. The number of hydrogen-bond acceptors (Lipinski definition) is 1. The highest BCUT2D eigenvalue weighted by Crippen LogP contribution is 2.45. The van der Waals surface area contributed by atoms with Crippen LogP contribution in [0.25, 0.3) is 0 Å². The van der Waals surface area contributed by atoms with E-state index in [0.717, 1.165) is 18.8 Å². The summed E-state index contributed by atoms with van der Waals surface area (Å²) < 4.78 is 0. The fourth-order valence-electron chi connectivity index (χ4n) is 3.03. The first-order chi connectivity index (χ1) is 8.56. The summed E-state index contributed by atoms with van der Waals surface area (Å²) in [6, 6.07) is 0. The lowest BCUT2D eigenvalue weighted by Gasteiger charge is -2.33. The molecule has 3 atom stereocenters. The summed E-state index contributed by atoms with van der Waals surface area (Å²) in [6.07, 6.45) is 12.2. The third-order valence-corrected chi connectivity index (χ3v) is 4.91. The van der Waals surface area contributed by atoms with Gasteiger partial charge >= 0.3 is 0 Å². The molecule has 0 aromatic heterocycles. The number of rotatable bonds is 8. The zero-order valence-corrected chi connectivity index (χ0v) is 12.7. The van der Waals surface area contributed by atoms with Crippen molar-refractivity contribution in [3.05, 3.63) is 12.2 Å². The lowest BCUT2D eigenvalue weighted by Crippen LogP contribution is -2.32. The van der Waals surface area contributed by atoms with Gasteiger partial charge in [-0.05, 0) is 37.2 Å². The fourth-order valence-corrected chi connectivity index (χ4v) is 3.03. The highest BCUT2D eigenvalue weighted by Gasteiger charge is 2.43. The Morgan fingerprint density at radius 2 is 2.00 bits per heavy atom. The van der Waals surface area contributed by atoms with Crippen LogP contribution in [0.1, 0.15) is 72.6 Å². The SMILES string of the molecule is CCCCCC1(CCC(C)CC)C(=O)C=CC1C. The standard InChI is InChI=1S/C17H30O/c1-5-7-8-12-17(13-11-14(3)6-2)15(4)9-10-16(17)18/h9-10,14-15H,5-8,11-13H2,1-4H3. The predicted octanol–water partition coefficient (Wildman–Crippen LogP) is 5.15. The van der Waals surface area contributed by atoms with E-state index in [2.05, 4.69) is 33.8 Å². The molecule has 0 aliphatic heterocycles. The van der Waals surface area contributed by atoms with Crippen LogP contribution in [-0.2, 0) is 4.79 Å². The summed E-state index contributed by atoms with van der Waals surface area (Å²) in [7, 11) is 0. The van der Waals surface area contributed by atoms with Gasteiger partial charge in [0.25, 0.3) is 0 Å². The van der Waals surface area contributed by atoms with Gasteiger partial charge in [-0.15, -0.1) is 0 Å². The molecule has 3 unspecified atom stereocenters. The maximum atomic E-state index is 12.3. The molecular weight excluding hydrogens is 220 g/mol. The van der Waals surface area contributed by atoms with E-state index in [1.54, 1.807) is 0 Å². The van der Waals surface area contributed by atoms with Gasteiger partial charge in [0.05, 0.1) is 0 Å². The average molecular weight is 250 g/mol. The molecule has 0 N–H and O–H groups in total. The second-order valence-electron chi connectivity index (χ2n) is 6.18.